The van der Waals surface area contributed by atoms with E-state index in [0.29, 0.717) is 6.04 Å². The van der Waals surface area contributed by atoms with Gasteiger partial charge in [-0.05, 0) is 5.41 Å². The second-order valence-electron chi connectivity index (χ2n) is 5.59. The largest absolute Gasteiger partial charge is 0.348 e. The van der Waals surface area contributed by atoms with Crippen molar-refractivity contribution in [2.24, 2.45) is 5.41 Å². The van der Waals surface area contributed by atoms with Crippen molar-refractivity contribution in [2.45, 2.75) is 39.9 Å². The molecule has 0 spiro atoms. The maximum Gasteiger partial charge on any atom is 0.120 e. The first kappa shape index (κ1) is 12.8. The van der Waals surface area contributed by atoms with Crippen LogP contribution in [-0.4, -0.2) is 25.6 Å². The number of nitrogens with one attached hydrogen (secondary N) is 2. The van der Waals surface area contributed by atoms with Crippen LogP contribution in [0.25, 0.3) is 0 Å². The number of rotatable bonds is 5. The van der Waals surface area contributed by atoms with Crippen LogP contribution in [0.3, 0.4) is 0 Å². The van der Waals surface area contributed by atoms with Gasteiger partial charge in [0, 0.05) is 37.4 Å². The number of aromatic nitrogens is 4. The van der Waals surface area contributed by atoms with Crippen molar-refractivity contribution in [3.8, 4) is 0 Å². The predicted molar refractivity (Wildman–Crippen MR) is 70.9 cm³/mol. The van der Waals surface area contributed by atoms with E-state index in [1.807, 2.05) is 24.9 Å². The third-order valence-corrected chi connectivity index (χ3v) is 3.07. The molecule has 0 radical (unpaired) electrons. The lowest BCUT2D eigenvalue weighted by Gasteiger charge is -2.31. The number of H-pyrrole nitrogens is 1. The van der Waals surface area contributed by atoms with Gasteiger partial charge in [-0.2, -0.15) is 0 Å². The summed E-state index contributed by atoms with van der Waals surface area (Å²) in [5, 5.41) is 3.56. The Hall–Kier alpha value is -1.62. The lowest BCUT2D eigenvalue weighted by atomic mass is 9.86. The second-order valence-corrected chi connectivity index (χ2v) is 5.59. The summed E-state index contributed by atoms with van der Waals surface area (Å²) in [4.78, 5) is 11.4. The van der Waals surface area contributed by atoms with E-state index in [1.165, 1.54) is 0 Å². The van der Waals surface area contributed by atoms with Gasteiger partial charge in [0.25, 0.3) is 0 Å². The molecule has 0 amide bonds. The minimum atomic E-state index is 0.177. The molecule has 0 aliphatic heterocycles. The molecule has 98 valence electrons. The second kappa shape index (κ2) is 5.35. The molecule has 2 aromatic heterocycles. The predicted octanol–water partition coefficient (Wildman–Crippen LogP) is 1.81. The van der Waals surface area contributed by atoms with E-state index in [2.05, 4.69) is 45.6 Å². The maximum absolute atomic E-state index is 4.23. The Morgan fingerprint density at radius 2 is 2.22 bits per heavy atom. The van der Waals surface area contributed by atoms with Gasteiger partial charge in [-0.3, -0.25) is 0 Å². The fraction of sp³-hybridized carbons (Fsp3) is 0.538. The lowest BCUT2D eigenvalue weighted by Crippen LogP contribution is -2.43. The van der Waals surface area contributed by atoms with Crippen molar-refractivity contribution in [1.29, 1.82) is 0 Å². The van der Waals surface area contributed by atoms with Gasteiger partial charge in [0.1, 0.15) is 5.82 Å². The normalized spacial score (nSPS) is 13.7. The van der Waals surface area contributed by atoms with E-state index in [9.17, 15) is 0 Å². The number of hydrogen-bond acceptors (Lipinski definition) is 3. The third-order valence-electron chi connectivity index (χ3n) is 3.07. The number of aromatic amines is 1. The molecule has 0 saturated heterocycles. The molecule has 5 heteroatoms. The van der Waals surface area contributed by atoms with Gasteiger partial charge in [-0.25, -0.2) is 9.97 Å². The SMILES string of the molecule is CC(C)(C)C(Cn1ccnc1)NCc1ncc[nH]1. The van der Waals surface area contributed by atoms with Gasteiger partial charge < -0.3 is 14.9 Å². The molecule has 0 saturated carbocycles. The Balaban J connectivity index is 1.97. The van der Waals surface area contributed by atoms with Crippen LogP contribution in [0.2, 0.25) is 0 Å². The van der Waals surface area contributed by atoms with Gasteiger partial charge >= 0.3 is 0 Å². The van der Waals surface area contributed by atoms with Crippen LogP contribution in [0.15, 0.2) is 31.1 Å². The number of hydrogen-bond donors (Lipinski definition) is 2. The first-order valence-corrected chi connectivity index (χ1v) is 6.23. The van der Waals surface area contributed by atoms with Gasteiger partial charge in [0.15, 0.2) is 0 Å². The van der Waals surface area contributed by atoms with Gasteiger partial charge in [0.05, 0.1) is 12.9 Å². The molecule has 2 N–H and O–H groups in total. The van der Waals surface area contributed by atoms with E-state index in [1.54, 1.807) is 6.20 Å². The monoisotopic (exact) mass is 247 g/mol. The molecule has 5 nitrogen and oxygen atoms in total. The Bertz CT molecular complexity index is 438. The third kappa shape index (κ3) is 3.43. The average molecular weight is 247 g/mol. The van der Waals surface area contributed by atoms with Crippen molar-refractivity contribution in [3.05, 3.63) is 36.9 Å². The minimum absolute atomic E-state index is 0.177. The van der Waals surface area contributed by atoms with E-state index < -0.39 is 0 Å². The van der Waals surface area contributed by atoms with Crippen LogP contribution in [0.5, 0.6) is 0 Å². The summed E-state index contributed by atoms with van der Waals surface area (Å²) >= 11 is 0. The quantitative estimate of drug-likeness (QED) is 0.847. The molecule has 0 bridgehead atoms. The molecule has 2 heterocycles. The van der Waals surface area contributed by atoms with E-state index in [-0.39, 0.29) is 5.41 Å². The zero-order chi connectivity index (χ0) is 13.0. The van der Waals surface area contributed by atoms with Gasteiger partial charge in [-0.15, -0.1) is 0 Å². The van der Waals surface area contributed by atoms with Crippen LogP contribution < -0.4 is 5.32 Å². The van der Waals surface area contributed by atoms with Crippen LogP contribution in [-0.2, 0) is 13.1 Å². The molecule has 2 aromatic rings. The molecule has 0 aliphatic rings. The number of nitrogens with zero attached hydrogens (tertiary/aromatic N) is 3. The van der Waals surface area contributed by atoms with Crippen LogP contribution >= 0.6 is 0 Å². The summed E-state index contributed by atoms with van der Waals surface area (Å²) < 4.78 is 2.10. The first-order chi connectivity index (χ1) is 8.55. The van der Waals surface area contributed by atoms with Crippen LogP contribution in [0, 0.1) is 5.41 Å². The standard InChI is InChI=1S/C13H21N5/c1-13(2,3)11(9-18-7-6-14-10-18)17-8-12-15-4-5-16-12/h4-7,10-11,17H,8-9H2,1-3H3,(H,15,16). The Labute approximate surface area is 108 Å². The Morgan fingerprint density at radius 3 is 2.78 bits per heavy atom. The van der Waals surface area contributed by atoms with Crippen LogP contribution in [0.4, 0.5) is 0 Å². The van der Waals surface area contributed by atoms with Gasteiger partial charge in [0.2, 0.25) is 0 Å². The highest BCUT2D eigenvalue weighted by molar-refractivity contribution is 4.90. The van der Waals surface area contributed by atoms with Crippen molar-refractivity contribution >= 4 is 0 Å². The molecule has 2 rings (SSSR count). The summed E-state index contributed by atoms with van der Waals surface area (Å²) in [6.07, 6.45) is 9.28. The zero-order valence-electron chi connectivity index (χ0n) is 11.2. The van der Waals surface area contributed by atoms with Crippen molar-refractivity contribution in [3.63, 3.8) is 0 Å². The summed E-state index contributed by atoms with van der Waals surface area (Å²) in [7, 11) is 0. The van der Waals surface area contributed by atoms with E-state index in [0.717, 1.165) is 18.9 Å². The molecule has 0 aliphatic carbocycles. The van der Waals surface area contributed by atoms with Crippen molar-refractivity contribution < 1.29 is 0 Å². The smallest absolute Gasteiger partial charge is 0.120 e. The lowest BCUT2D eigenvalue weighted by molar-refractivity contribution is 0.239. The molecular formula is C13H21N5. The minimum Gasteiger partial charge on any atom is -0.348 e. The molecule has 0 aromatic carbocycles. The molecule has 1 unspecified atom stereocenters. The zero-order valence-corrected chi connectivity index (χ0v) is 11.2. The summed E-state index contributed by atoms with van der Waals surface area (Å²) in [6.45, 7) is 8.38. The fourth-order valence-electron chi connectivity index (χ4n) is 1.86. The molecule has 1 atom stereocenters. The Kier molecular flexibility index (Phi) is 3.81. The maximum atomic E-state index is 4.23. The summed E-state index contributed by atoms with van der Waals surface area (Å²) in [5.74, 6) is 0.967. The van der Waals surface area contributed by atoms with Crippen molar-refractivity contribution in [2.75, 3.05) is 0 Å². The topological polar surface area (TPSA) is 58.5 Å². The number of imidazole rings is 2. The first-order valence-electron chi connectivity index (χ1n) is 6.23. The molecule has 0 fully saturated rings. The molecular weight excluding hydrogens is 226 g/mol. The van der Waals surface area contributed by atoms with E-state index >= 15 is 0 Å². The van der Waals surface area contributed by atoms with Gasteiger partial charge in [-0.1, -0.05) is 20.8 Å². The summed E-state index contributed by atoms with van der Waals surface area (Å²) in [6, 6.07) is 0.358. The highest BCUT2D eigenvalue weighted by Gasteiger charge is 2.24. The fourth-order valence-corrected chi connectivity index (χ4v) is 1.86. The highest BCUT2D eigenvalue weighted by Crippen LogP contribution is 2.21. The van der Waals surface area contributed by atoms with E-state index in [4.69, 9.17) is 0 Å². The Morgan fingerprint density at radius 1 is 1.39 bits per heavy atom. The summed E-state index contributed by atoms with van der Waals surface area (Å²) in [5.41, 5.74) is 0.177. The van der Waals surface area contributed by atoms with Crippen LogP contribution in [0.1, 0.15) is 26.6 Å². The molecule has 18 heavy (non-hydrogen) atoms. The average Bonchev–Trinajstić information content (AvgIpc) is 2.95. The highest BCUT2D eigenvalue weighted by atomic mass is 15.1. The van der Waals surface area contributed by atoms with Crippen molar-refractivity contribution in [1.82, 2.24) is 24.8 Å².